The molecule has 4 heteroatoms. The van der Waals surface area contributed by atoms with Gasteiger partial charge in [0.25, 0.3) is 0 Å². The van der Waals surface area contributed by atoms with Crippen LogP contribution in [-0.2, 0) is 0 Å². The summed E-state index contributed by atoms with van der Waals surface area (Å²) in [7, 11) is 0. The van der Waals surface area contributed by atoms with Crippen molar-refractivity contribution in [1.29, 1.82) is 0 Å². The molecule has 0 heterocycles. The zero-order valence-electron chi connectivity index (χ0n) is 8.88. The Hall–Kier alpha value is -1.03. The Labute approximate surface area is 98.4 Å². The third-order valence-corrected chi connectivity index (χ3v) is 2.62. The molecular weight excluding hydrogens is 256 g/mol. The lowest BCUT2D eigenvalue weighted by Crippen LogP contribution is -2.35. The first-order chi connectivity index (χ1) is 7.11. The maximum absolute atomic E-state index is 11.4. The number of carbonyl (C=O) groups is 1. The van der Waals surface area contributed by atoms with Crippen molar-refractivity contribution in [2.24, 2.45) is 0 Å². The van der Waals surface area contributed by atoms with E-state index in [2.05, 4.69) is 26.6 Å². The second-order valence-corrected chi connectivity index (χ2v) is 4.33. The summed E-state index contributed by atoms with van der Waals surface area (Å²) >= 11 is 3.33. The largest absolute Gasteiger partial charge is 0.335 e. The van der Waals surface area contributed by atoms with E-state index in [1.165, 1.54) is 0 Å². The van der Waals surface area contributed by atoms with E-state index in [0.717, 1.165) is 16.6 Å². The van der Waals surface area contributed by atoms with Gasteiger partial charge in [-0.05, 0) is 37.6 Å². The van der Waals surface area contributed by atoms with Gasteiger partial charge < -0.3 is 10.6 Å². The Bertz CT molecular complexity index is 324. The summed E-state index contributed by atoms with van der Waals surface area (Å²) in [6.45, 7) is 4.01. The molecule has 0 unspecified atom stereocenters. The normalized spacial score (nSPS) is 11.9. The summed E-state index contributed by atoms with van der Waals surface area (Å²) in [4.78, 5) is 11.4. The summed E-state index contributed by atoms with van der Waals surface area (Å²) in [5, 5.41) is 5.59. The molecule has 1 rings (SSSR count). The zero-order chi connectivity index (χ0) is 11.3. The fraction of sp³-hybridized carbons (Fsp3) is 0.364. The van der Waals surface area contributed by atoms with Gasteiger partial charge in [-0.15, -0.1) is 0 Å². The third-order valence-electron chi connectivity index (χ3n) is 2.09. The highest BCUT2D eigenvalue weighted by Gasteiger charge is 2.04. The van der Waals surface area contributed by atoms with Crippen molar-refractivity contribution in [1.82, 2.24) is 5.32 Å². The van der Waals surface area contributed by atoms with Crippen molar-refractivity contribution >= 4 is 27.6 Å². The minimum atomic E-state index is -0.160. The second kappa shape index (κ2) is 5.75. The number of anilines is 1. The van der Waals surface area contributed by atoms with Crippen LogP contribution in [-0.4, -0.2) is 12.1 Å². The number of hydrogen-bond donors (Lipinski definition) is 2. The Morgan fingerprint density at radius 3 is 2.53 bits per heavy atom. The van der Waals surface area contributed by atoms with Gasteiger partial charge in [0.05, 0.1) is 0 Å². The van der Waals surface area contributed by atoms with E-state index in [0.29, 0.717) is 0 Å². The summed E-state index contributed by atoms with van der Waals surface area (Å²) < 4.78 is 0.996. The highest BCUT2D eigenvalue weighted by molar-refractivity contribution is 9.10. The molecule has 0 aliphatic rings. The molecule has 0 aromatic heterocycles. The molecule has 0 spiro atoms. The van der Waals surface area contributed by atoms with Crippen LogP contribution >= 0.6 is 15.9 Å². The third kappa shape index (κ3) is 4.34. The second-order valence-electron chi connectivity index (χ2n) is 3.41. The highest BCUT2D eigenvalue weighted by Crippen LogP contribution is 2.13. The molecule has 0 bridgehead atoms. The van der Waals surface area contributed by atoms with Gasteiger partial charge in [-0.2, -0.15) is 0 Å². The van der Waals surface area contributed by atoms with Crippen LogP contribution in [0.3, 0.4) is 0 Å². The number of benzene rings is 1. The molecule has 15 heavy (non-hydrogen) atoms. The first kappa shape index (κ1) is 12.0. The molecule has 0 fully saturated rings. The van der Waals surface area contributed by atoms with Crippen molar-refractivity contribution < 1.29 is 4.79 Å². The fourth-order valence-electron chi connectivity index (χ4n) is 1.03. The molecule has 82 valence electrons. The molecule has 2 N–H and O–H groups in total. The molecule has 1 atom stereocenters. The molecule has 3 nitrogen and oxygen atoms in total. The van der Waals surface area contributed by atoms with Crippen molar-refractivity contribution in [3.63, 3.8) is 0 Å². The number of nitrogens with one attached hydrogen (secondary N) is 2. The van der Waals surface area contributed by atoms with Crippen LogP contribution in [0.5, 0.6) is 0 Å². The topological polar surface area (TPSA) is 41.1 Å². The van der Waals surface area contributed by atoms with Gasteiger partial charge in [0.15, 0.2) is 0 Å². The van der Waals surface area contributed by atoms with E-state index in [4.69, 9.17) is 0 Å². The van der Waals surface area contributed by atoms with Gasteiger partial charge in [0, 0.05) is 16.2 Å². The van der Waals surface area contributed by atoms with Gasteiger partial charge in [-0.3, -0.25) is 0 Å². The first-order valence-electron chi connectivity index (χ1n) is 4.95. The van der Waals surface area contributed by atoms with Crippen molar-refractivity contribution in [2.45, 2.75) is 26.3 Å². The number of halogens is 1. The highest BCUT2D eigenvalue weighted by atomic mass is 79.9. The average molecular weight is 271 g/mol. The molecule has 0 aliphatic heterocycles. The molecule has 0 saturated heterocycles. The van der Waals surface area contributed by atoms with E-state index in [1.807, 2.05) is 38.1 Å². The van der Waals surface area contributed by atoms with Crippen LogP contribution in [0.25, 0.3) is 0 Å². The first-order valence-corrected chi connectivity index (χ1v) is 5.74. The predicted octanol–water partition coefficient (Wildman–Crippen LogP) is 3.37. The Morgan fingerprint density at radius 1 is 1.40 bits per heavy atom. The van der Waals surface area contributed by atoms with Crippen molar-refractivity contribution in [2.75, 3.05) is 5.32 Å². The van der Waals surface area contributed by atoms with Crippen LogP contribution in [0.15, 0.2) is 28.7 Å². The monoisotopic (exact) mass is 270 g/mol. The maximum atomic E-state index is 11.4. The number of carbonyl (C=O) groups excluding carboxylic acids is 1. The molecular formula is C11H15BrN2O. The molecule has 0 radical (unpaired) electrons. The van der Waals surface area contributed by atoms with Crippen LogP contribution in [0.1, 0.15) is 20.3 Å². The number of urea groups is 1. The van der Waals surface area contributed by atoms with Gasteiger partial charge in [0.1, 0.15) is 0 Å². The number of amides is 2. The summed E-state index contributed by atoms with van der Waals surface area (Å²) in [5.74, 6) is 0. The van der Waals surface area contributed by atoms with Gasteiger partial charge in [-0.1, -0.05) is 22.9 Å². The lowest BCUT2D eigenvalue weighted by atomic mass is 10.3. The smallest absolute Gasteiger partial charge is 0.319 e. The van der Waals surface area contributed by atoms with Gasteiger partial charge in [0.2, 0.25) is 0 Å². The van der Waals surface area contributed by atoms with E-state index >= 15 is 0 Å². The van der Waals surface area contributed by atoms with Crippen molar-refractivity contribution in [3.8, 4) is 0 Å². The quantitative estimate of drug-likeness (QED) is 0.869. The van der Waals surface area contributed by atoms with Crippen LogP contribution in [0.4, 0.5) is 10.5 Å². The molecule has 1 aromatic carbocycles. The van der Waals surface area contributed by atoms with E-state index in [-0.39, 0.29) is 12.1 Å². The predicted molar refractivity (Wildman–Crippen MR) is 66.0 cm³/mol. The van der Waals surface area contributed by atoms with Crippen LogP contribution in [0.2, 0.25) is 0 Å². The van der Waals surface area contributed by atoms with E-state index < -0.39 is 0 Å². The number of hydrogen-bond acceptors (Lipinski definition) is 1. The molecule has 2 amide bonds. The Balaban J connectivity index is 2.48. The Kier molecular flexibility index (Phi) is 4.62. The zero-order valence-corrected chi connectivity index (χ0v) is 10.5. The van der Waals surface area contributed by atoms with Crippen LogP contribution < -0.4 is 10.6 Å². The van der Waals surface area contributed by atoms with Crippen molar-refractivity contribution in [3.05, 3.63) is 28.7 Å². The van der Waals surface area contributed by atoms with E-state index in [9.17, 15) is 4.79 Å². The van der Waals surface area contributed by atoms with Gasteiger partial charge in [-0.25, -0.2) is 4.79 Å². The van der Waals surface area contributed by atoms with Gasteiger partial charge >= 0.3 is 6.03 Å². The lowest BCUT2D eigenvalue weighted by Gasteiger charge is -2.12. The minimum Gasteiger partial charge on any atom is -0.335 e. The summed E-state index contributed by atoms with van der Waals surface area (Å²) in [6.07, 6.45) is 0.924. The SMILES string of the molecule is CC[C@@H](C)NC(=O)Nc1ccc(Br)cc1. The molecule has 0 saturated carbocycles. The lowest BCUT2D eigenvalue weighted by molar-refractivity contribution is 0.249. The van der Waals surface area contributed by atoms with Crippen LogP contribution in [0, 0.1) is 0 Å². The molecule has 0 aliphatic carbocycles. The maximum Gasteiger partial charge on any atom is 0.319 e. The number of rotatable bonds is 3. The fourth-order valence-corrected chi connectivity index (χ4v) is 1.29. The molecule has 1 aromatic rings. The standard InChI is InChI=1S/C11H15BrN2O/c1-3-8(2)13-11(15)14-10-6-4-9(12)5-7-10/h4-8H,3H2,1-2H3,(H2,13,14,15)/t8-/m1/s1. The average Bonchev–Trinajstić information content (AvgIpc) is 2.21. The summed E-state index contributed by atoms with van der Waals surface area (Å²) in [6, 6.07) is 7.50. The summed E-state index contributed by atoms with van der Waals surface area (Å²) in [5.41, 5.74) is 0.791. The minimum absolute atomic E-state index is 0.160. The van der Waals surface area contributed by atoms with E-state index in [1.54, 1.807) is 0 Å². The Morgan fingerprint density at radius 2 is 2.00 bits per heavy atom.